The van der Waals surface area contributed by atoms with E-state index in [1.54, 1.807) is 0 Å². The molecule has 2 N–H and O–H groups in total. The van der Waals surface area contributed by atoms with E-state index < -0.39 is 0 Å². The average Bonchev–Trinajstić information content (AvgIpc) is 2.82. The van der Waals surface area contributed by atoms with Crippen LogP contribution in [0.1, 0.15) is 94.4 Å². The molecule has 0 aromatic heterocycles. The number of ether oxygens (including phenoxy) is 1. The van der Waals surface area contributed by atoms with Crippen LogP contribution < -0.4 is 10.6 Å². The van der Waals surface area contributed by atoms with Gasteiger partial charge < -0.3 is 15.4 Å². The maximum absolute atomic E-state index is 12.7. The molecule has 3 atom stereocenters. The van der Waals surface area contributed by atoms with Crippen molar-refractivity contribution in [3.8, 4) is 0 Å². The van der Waals surface area contributed by atoms with Crippen LogP contribution in [-0.4, -0.2) is 31.2 Å². The highest BCUT2D eigenvalue weighted by molar-refractivity contribution is 6.04. The maximum Gasteiger partial charge on any atom is 0.144 e. The summed E-state index contributed by atoms with van der Waals surface area (Å²) in [7, 11) is 0. The second-order valence-electron chi connectivity index (χ2n) is 10.0. The summed E-state index contributed by atoms with van der Waals surface area (Å²) in [5.74, 6) is 2.90. The van der Waals surface area contributed by atoms with Crippen molar-refractivity contribution in [2.45, 2.75) is 94.4 Å². The number of carbonyl (C=O) groups excluding carboxylic acids is 1. The SMILES string of the molecule is CCCNC[C@@H](CC)COC1=CC(NC(/N=C(/C)C(CC)C(=O)C(C)C)=C(\C)CC)=CCC1C. The molecule has 0 radical (unpaired) electrons. The first-order chi connectivity index (χ1) is 16.2. The van der Waals surface area contributed by atoms with Gasteiger partial charge in [0.1, 0.15) is 17.4 Å². The molecule has 0 aromatic carbocycles. The molecule has 194 valence electrons. The van der Waals surface area contributed by atoms with Crippen LogP contribution in [0.4, 0.5) is 0 Å². The number of carbonyl (C=O) groups is 1. The van der Waals surface area contributed by atoms with E-state index in [2.05, 4.69) is 64.3 Å². The van der Waals surface area contributed by atoms with Gasteiger partial charge in [0.15, 0.2) is 0 Å². The van der Waals surface area contributed by atoms with E-state index in [-0.39, 0.29) is 17.6 Å². The molecule has 0 heterocycles. The standard InChI is InChI=1S/C29H51N3O2/c1-10-16-30-18-24(12-3)19-34-27-17-25(15-14-22(27)8)32-29(21(7)11-2)31-23(9)26(13-4)28(33)20(5)6/h15,17,20,22,24,26,30,32H,10-14,16,18-19H2,1-9H3/b29-21+,31-23-/t22?,24-,26?/m1/s1. The van der Waals surface area contributed by atoms with Gasteiger partial charge in [-0.05, 0) is 64.1 Å². The van der Waals surface area contributed by atoms with E-state index in [0.717, 1.165) is 74.8 Å². The number of aliphatic imine (C=N–C) groups is 1. The van der Waals surface area contributed by atoms with Crippen LogP contribution in [0.5, 0.6) is 0 Å². The minimum atomic E-state index is -0.136. The topological polar surface area (TPSA) is 62.7 Å². The molecule has 0 bridgehead atoms. The van der Waals surface area contributed by atoms with Gasteiger partial charge in [0.2, 0.25) is 0 Å². The van der Waals surface area contributed by atoms with Crippen LogP contribution in [0, 0.1) is 23.7 Å². The Labute approximate surface area is 209 Å². The predicted octanol–water partition coefficient (Wildman–Crippen LogP) is 6.78. The molecule has 1 aliphatic rings. The van der Waals surface area contributed by atoms with Crippen molar-refractivity contribution in [2.75, 3.05) is 19.7 Å². The second-order valence-corrected chi connectivity index (χ2v) is 10.0. The Balaban J connectivity index is 3.00. The molecule has 0 spiro atoms. The Morgan fingerprint density at radius 3 is 2.44 bits per heavy atom. The van der Waals surface area contributed by atoms with Crippen LogP contribution in [0.3, 0.4) is 0 Å². The number of allylic oxidation sites excluding steroid dienone is 4. The number of hydrogen-bond acceptors (Lipinski definition) is 5. The number of Topliss-reactive ketones (excluding diaryl/α,β-unsaturated/α-hetero) is 1. The van der Waals surface area contributed by atoms with Crippen LogP contribution in [0.25, 0.3) is 0 Å². The van der Waals surface area contributed by atoms with Crippen molar-refractivity contribution in [3.05, 3.63) is 35.0 Å². The molecule has 0 amide bonds. The van der Waals surface area contributed by atoms with Crippen LogP contribution in [0.2, 0.25) is 0 Å². The first-order valence-electron chi connectivity index (χ1n) is 13.5. The fourth-order valence-electron chi connectivity index (χ4n) is 3.96. The van der Waals surface area contributed by atoms with Gasteiger partial charge in [0.25, 0.3) is 0 Å². The molecular formula is C29H51N3O2. The number of rotatable bonds is 16. The maximum atomic E-state index is 12.7. The summed E-state index contributed by atoms with van der Waals surface area (Å²) in [5, 5.41) is 7.07. The minimum absolute atomic E-state index is 0.0112. The molecule has 2 unspecified atom stereocenters. The quantitative estimate of drug-likeness (QED) is 0.192. The highest BCUT2D eigenvalue weighted by Gasteiger charge is 2.23. The first-order valence-corrected chi connectivity index (χ1v) is 13.5. The van der Waals surface area contributed by atoms with Crippen molar-refractivity contribution < 1.29 is 9.53 Å². The van der Waals surface area contributed by atoms with Crippen molar-refractivity contribution in [2.24, 2.45) is 28.7 Å². The van der Waals surface area contributed by atoms with Gasteiger partial charge >= 0.3 is 0 Å². The molecule has 0 aromatic rings. The van der Waals surface area contributed by atoms with Crippen molar-refractivity contribution in [1.29, 1.82) is 0 Å². The fraction of sp³-hybridized carbons (Fsp3) is 0.724. The third-order valence-electron chi connectivity index (χ3n) is 6.71. The molecule has 1 rings (SSSR count). The van der Waals surface area contributed by atoms with Crippen LogP contribution in [-0.2, 0) is 9.53 Å². The summed E-state index contributed by atoms with van der Waals surface area (Å²) in [4.78, 5) is 17.6. The average molecular weight is 474 g/mol. The molecule has 5 nitrogen and oxygen atoms in total. The van der Waals surface area contributed by atoms with Gasteiger partial charge in [0.05, 0.1) is 12.5 Å². The summed E-state index contributed by atoms with van der Waals surface area (Å²) in [6.07, 6.45) is 9.21. The van der Waals surface area contributed by atoms with Crippen LogP contribution >= 0.6 is 0 Å². The lowest BCUT2D eigenvalue weighted by Gasteiger charge is -2.25. The monoisotopic (exact) mass is 473 g/mol. The third-order valence-corrected chi connectivity index (χ3v) is 6.71. The molecule has 34 heavy (non-hydrogen) atoms. The van der Waals surface area contributed by atoms with Gasteiger partial charge in [-0.15, -0.1) is 0 Å². The van der Waals surface area contributed by atoms with Crippen molar-refractivity contribution in [1.82, 2.24) is 10.6 Å². The molecule has 0 aliphatic heterocycles. The number of ketones is 1. The summed E-state index contributed by atoms with van der Waals surface area (Å²) in [6.45, 7) is 21.6. The van der Waals surface area contributed by atoms with Gasteiger partial charge in [-0.25, -0.2) is 4.99 Å². The third kappa shape index (κ3) is 9.77. The largest absolute Gasteiger partial charge is 0.497 e. The molecule has 0 fully saturated rings. The van der Waals surface area contributed by atoms with Crippen molar-refractivity contribution in [3.63, 3.8) is 0 Å². The lowest BCUT2D eigenvalue weighted by atomic mass is 9.89. The molecule has 0 saturated heterocycles. The predicted molar refractivity (Wildman–Crippen MR) is 146 cm³/mol. The van der Waals surface area contributed by atoms with E-state index in [4.69, 9.17) is 9.73 Å². The summed E-state index contributed by atoms with van der Waals surface area (Å²) in [6, 6.07) is 0. The molecular weight excluding hydrogens is 422 g/mol. The van der Waals surface area contributed by atoms with Gasteiger partial charge in [-0.2, -0.15) is 0 Å². The van der Waals surface area contributed by atoms with Gasteiger partial charge in [-0.3, -0.25) is 4.79 Å². The Bertz CT molecular complexity index is 761. The Morgan fingerprint density at radius 2 is 1.88 bits per heavy atom. The molecule has 0 saturated carbocycles. The summed E-state index contributed by atoms with van der Waals surface area (Å²) >= 11 is 0. The van der Waals surface area contributed by atoms with E-state index in [1.807, 2.05) is 20.8 Å². The minimum Gasteiger partial charge on any atom is -0.497 e. The van der Waals surface area contributed by atoms with Gasteiger partial charge in [-0.1, -0.05) is 54.5 Å². The molecule has 1 aliphatic carbocycles. The van der Waals surface area contributed by atoms with Crippen LogP contribution in [0.15, 0.2) is 40.0 Å². The van der Waals surface area contributed by atoms with E-state index >= 15 is 0 Å². The zero-order chi connectivity index (χ0) is 25.7. The summed E-state index contributed by atoms with van der Waals surface area (Å²) in [5.41, 5.74) is 3.08. The summed E-state index contributed by atoms with van der Waals surface area (Å²) < 4.78 is 6.32. The highest BCUT2D eigenvalue weighted by atomic mass is 16.5. The second kappa shape index (κ2) is 15.9. The number of hydrogen-bond donors (Lipinski definition) is 2. The van der Waals surface area contributed by atoms with E-state index in [0.29, 0.717) is 11.8 Å². The lowest BCUT2D eigenvalue weighted by molar-refractivity contribution is -0.123. The normalized spacial score (nSPS) is 19.2. The zero-order valence-corrected chi connectivity index (χ0v) is 23.4. The fourth-order valence-corrected chi connectivity index (χ4v) is 3.96. The lowest BCUT2D eigenvalue weighted by Crippen LogP contribution is -2.27. The van der Waals surface area contributed by atoms with E-state index in [1.165, 1.54) is 5.57 Å². The zero-order valence-electron chi connectivity index (χ0n) is 23.4. The number of nitrogens with zero attached hydrogens (tertiary/aromatic N) is 1. The van der Waals surface area contributed by atoms with Gasteiger partial charge in [0, 0.05) is 35.7 Å². The first kappa shape index (κ1) is 30.2. The molecule has 5 heteroatoms. The highest BCUT2D eigenvalue weighted by Crippen LogP contribution is 2.26. The Kier molecular flexibility index (Phi) is 14.1. The Hall–Kier alpha value is -1.88. The number of nitrogens with one attached hydrogen (secondary N) is 2. The van der Waals surface area contributed by atoms with E-state index in [9.17, 15) is 4.79 Å². The smallest absolute Gasteiger partial charge is 0.144 e. The van der Waals surface area contributed by atoms with Crippen molar-refractivity contribution >= 4 is 11.5 Å². The Morgan fingerprint density at radius 1 is 1.18 bits per heavy atom.